The Morgan fingerprint density at radius 3 is 2.56 bits per heavy atom. The highest BCUT2D eigenvalue weighted by atomic mass is 16.1. The molecule has 0 radical (unpaired) electrons. The number of aromatic nitrogens is 1. The van der Waals surface area contributed by atoms with E-state index >= 15 is 0 Å². The summed E-state index contributed by atoms with van der Waals surface area (Å²) in [6.07, 6.45) is 1.79. The van der Waals surface area contributed by atoms with Gasteiger partial charge in [0, 0.05) is 17.5 Å². The molecule has 3 heteroatoms. The van der Waals surface area contributed by atoms with Crippen LogP contribution in [0.2, 0.25) is 0 Å². The SMILES string of the molecule is CC(C)c1cc(-c2cccc(C(N)=O)c2)ccn1. The monoisotopic (exact) mass is 240 g/mol. The molecule has 2 rings (SSSR count). The molecule has 0 atom stereocenters. The second-order valence-electron chi connectivity index (χ2n) is 4.57. The first kappa shape index (κ1) is 12.3. The fourth-order valence-electron chi connectivity index (χ4n) is 1.80. The first-order chi connectivity index (χ1) is 8.58. The molecule has 2 N–H and O–H groups in total. The van der Waals surface area contributed by atoms with Crippen molar-refractivity contribution in [2.24, 2.45) is 5.73 Å². The zero-order valence-electron chi connectivity index (χ0n) is 10.6. The second kappa shape index (κ2) is 5.00. The van der Waals surface area contributed by atoms with Crippen LogP contribution in [0.15, 0.2) is 42.6 Å². The van der Waals surface area contributed by atoms with Crippen LogP contribution >= 0.6 is 0 Å². The summed E-state index contributed by atoms with van der Waals surface area (Å²) in [6, 6.07) is 11.3. The van der Waals surface area contributed by atoms with Crippen LogP contribution < -0.4 is 5.73 Å². The molecule has 0 unspecified atom stereocenters. The van der Waals surface area contributed by atoms with Gasteiger partial charge >= 0.3 is 0 Å². The number of pyridine rings is 1. The summed E-state index contributed by atoms with van der Waals surface area (Å²) >= 11 is 0. The summed E-state index contributed by atoms with van der Waals surface area (Å²) in [5.74, 6) is -0.0285. The summed E-state index contributed by atoms with van der Waals surface area (Å²) in [7, 11) is 0. The van der Waals surface area contributed by atoms with E-state index in [0.717, 1.165) is 16.8 Å². The molecule has 0 saturated heterocycles. The highest BCUT2D eigenvalue weighted by Crippen LogP contribution is 2.23. The number of amides is 1. The van der Waals surface area contributed by atoms with Gasteiger partial charge in [-0.2, -0.15) is 0 Å². The molecule has 0 spiro atoms. The van der Waals surface area contributed by atoms with Gasteiger partial charge in [-0.15, -0.1) is 0 Å². The number of primary amides is 1. The van der Waals surface area contributed by atoms with E-state index in [1.54, 1.807) is 12.3 Å². The topological polar surface area (TPSA) is 56.0 Å². The number of carbonyl (C=O) groups excluding carboxylic acids is 1. The largest absolute Gasteiger partial charge is 0.366 e. The molecule has 3 nitrogen and oxygen atoms in total. The zero-order chi connectivity index (χ0) is 13.1. The van der Waals surface area contributed by atoms with Crippen molar-refractivity contribution in [1.29, 1.82) is 0 Å². The van der Waals surface area contributed by atoms with Crippen LogP contribution in [0.25, 0.3) is 11.1 Å². The number of hydrogen-bond acceptors (Lipinski definition) is 2. The zero-order valence-corrected chi connectivity index (χ0v) is 10.6. The summed E-state index contributed by atoms with van der Waals surface area (Å²) in [5, 5.41) is 0. The maximum atomic E-state index is 11.2. The molecule has 0 aliphatic carbocycles. The first-order valence-electron chi connectivity index (χ1n) is 5.94. The molecule has 0 aliphatic heterocycles. The lowest BCUT2D eigenvalue weighted by atomic mass is 10.0. The third kappa shape index (κ3) is 2.56. The number of carbonyl (C=O) groups is 1. The van der Waals surface area contributed by atoms with Crippen molar-refractivity contribution in [2.75, 3.05) is 0 Å². The van der Waals surface area contributed by atoms with Crippen LogP contribution in [0.4, 0.5) is 0 Å². The fourth-order valence-corrected chi connectivity index (χ4v) is 1.80. The lowest BCUT2D eigenvalue weighted by molar-refractivity contribution is 0.100. The average molecular weight is 240 g/mol. The van der Waals surface area contributed by atoms with E-state index in [1.165, 1.54) is 0 Å². The van der Waals surface area contributed by atoms with E-state index in [0.29, 0.717) is 11.5 Å². The van der Waals surface area contributed by atoms with Crippen molar-refractivity contribution < 1.29 is 4.79 Å². The normalized spacial score (nSPS) is 10.6. The predicted molar refractivity (Wildman–Crippen MR) is 72.3 cm³/mol. The number of hydrogen-bond donors (Lipinski definition) is 1. The fraction of sp³-hybridized carbons (Fsp3) is 0.200. The van der Waals surface area contributed by atoms with Gasteiger partial charge in [0.15, 0.2) is 0 Å². The molecule has 1 aromatic carbocycles. The molecule has 18 heavy (non-hydrogen) atoms. The number of benzene rings is 1. The quantitative estimate of drug-likeness (QED) is 0.896. The molecule has 1 amide bonds. The third-order valence-corrected chi connectivity index (χ3v) is 2.85. The molecule has 0 aliphatic rings. The van der Waals surface area contributed by atoms with E-state index < -0.39 is 5.91 Å². The first-order valence-corrected chi connectivity index (χ1v) is 5.94. The van der Waals surface area contributed by atoms with Gasteiger partial charge in [-0.25, -0.2) is 0 Å². The van der Waals surface area contributed by atoms with Crippen LogP contribution in [0.1, 0.15) is 35.8 Å². The Bertz CT molecular complexity index is 576. The van der Waals surface area contributed by atoms with Gasteiger partial charge in [-0.1, -0.05) is 26.0 Å². The molecule has 92 valence electrons. The highest BCUT2D eigenvalue weighted by Gasteiger charge is 2.06. The third-order valence-electron chi connectivity index (χ3n) is 2.85. The van der Waals surface area contributed by atoms with Crippen molar-refractivity contribution in [3.05, 3.63) is 53.9 Å². The lowest BCUT2D eigenvalue weighted by Gasteiger charge is -2.08. The molecule has 2 aromatic rings. The molecular weight excluding hydrogens is 224 g/mol. The molecule has 0 bridgehead atoms. The highest BCUT2D eigenvalue weighted by molar-refractivity contribution is 5.94. The van der Waals surface area contributed by atoms with Crippen molar-refractivity contribution in [3.8, 4) is 11.1 Å². The van der Waals surface area contributed by atoms with Gasteiger partial charge in [0.2, 0.25) is 5.91 Å². The molecule has 1 aromatic heterocycles. The summed E-state index contributed by atoms with van der Waals surface area (Å²) < 4.78 is 0. The van der Waals surface area contributed by atoms with Crippen molar-refractivity contribution in [3.63, 3.8) is 0 Å². The van der Waals surface area contributed by atoms with Gasteiger partial charge in [0.25, 0.3) is 0 Å². The van der Waals surface area contributed by atoms with E-state index in [4.69, 9.17) is 5.73 Å². The average Bonchev–Trinajstić information content (AvgIpc) is 2.39. The maximum Gasteiger partial charge on any atom is 0.248 e. The van der Waals surface area contributed by atoms with Crippen molar-refractivity contribution >= 4 is 5.91 Å². The van der Waals surface area contributed by atoms with Crippen LogP contribution in [-0.2, 0) is 0 Å². The molecular formula is C15H16N2O. The Hall–Kier alpha value is -2.16. The van der Waals surface area contributed by atoms with Gasteiger partial charge < -0.3 is 5.73 Å². The maximum absolute atomic E-state index is 11.2. The minimum atomic E-state index is -0.407. The van der Waals surface area contributed by atoms with Gasteiger partial charge in [-0.05, 0) is 41.3 Å². The smallest absolute Gasteiger partial charge is 0.248 e. The Kier molecular flexibility index (Phi) is 3.42. The number of nitrogens with two attached hydrogens (primary N) is 1. The standard InChI is InChI=1S/C15H16N2O/c1-10(2)14-9-12(6-7-17-14)11-4-3-5-13(8-11)15(16)18/h3-10H,1-2H3,(H2,16,18). The number of rotatable bonds is 3. The summed E-state index contributed by atoms with van der Waals surface area (Å²) in [4.78, 5) is 15.5. The van der Waals surface area contributed by atoms with Crippen LogP contribution in [0.5, 0.6) is 0 Å². The van der Waals surface area contributed by atoms with Crippen molar-refractivity contribution in [1.82, 2.24) is 4.98 Å². The minimum Gasteiger partial charge on any atom is -0.366 e. The minimum absolute atomic E-state index is 0.379. The van der Waals surface area contributed by atoms with E-state index in [1.807, 2.05) is 30.3 Å². The lowest BCUT2D eigenvalue weighted by Crippen LogP contribution is -2.10. The Morgan fingerprint density at radius 2 is 1.89 bits per heavy atom. The summed E-state index contributed by atoms with van der Waals surface area (Å²) in [6.45, 7) is 4.21. The van der Waals surface area contributed by atoms with Gasteiger partial charge in [0.1, 0.15) is 0 Å². The Balaban J connectivity index is 2.45. The van der Waals surface area contributed by atoms with Crippen molar-refractivity contribution in [2.45, 2.75) is 19.8 Å². The molecule has 1 heterocycles. The van der Waals surface area contributed by atoms with Crippen LogP contribution in [0.3, 0.4) is 0 Å². The molecule has 0 fully saturated rings. The predicted octanol–water partition coefficient (Wildman–Crippen LogP) is 2.97. The Morgan fingerprint density at radius 1 is 1.17 bits per heavy atom. The van der Waals surface area contributed by atoms with E-state index in [2.05, 4.69) is 18.8 Å². The van der Waals surface area contributed by atoms with E-state index in [-0.39, 0.29) is 0 Å². The van der Waals surface area contributed by atoms with Crippen LogP contribution in [0, 0.1) is 0 Å². The van der Waals surface area contributed by atoms with Crippen LogP contribution in [-0.4, -0.2) is 10.9 Å². The Labute approximate surface area is 107 Å². The molecule has 0 saturated carbocycles. The van der Waals surface area contributed by atoms with E-state index in [9.17, 15) is 4.79 Å². The number of nitrogens with zero attached hydrogens (tertiary/aromatic N) is 1. The second-order valence-corrected chi connectivity index (χ2v) is 4.57. The summed E-state index contributed by atoms with van der Waals surface area (Å²) in [5.41, 5.74) is 8.88. The van der Waals surface area contributed by atoms with Gasteiger partial charge in [-0.3, -0.25) is 9.78 Å². The van der Waals surface area contributed by atoms with Gasteiger partial charge in [0.05, 0.1) is 0 Å².